The van der Waals surface area contributed by atoms with Gasteiger partial charge in [0.1, 0.15) is 0 Å². The van der Waals surface area contributed by atoms with Crippen LogP contribution in [-0.4, -0.2) is 31.7 Å². The van der Waals surface area contributed by atoms with Crippen LogP contribution >= 0.6 is 11.3 Å². The number of carbonyl (C=O) groups is 2. The summed E-state index contributed by atoms with van der Waals surface area (Å²) >= 11 is 1.36. The number of carbonyl (C=O) groups excluding carboxylic acids is 2. The van der Waals surface area contributed by atoms with Crippen LogP contribution in [0.2, 0.25) is 0 Å². The largest absolute Gasteiger partial charge is 0.280 e. The summed E-state index contributed by atoms with van der Waals surface area (Å²) in [6.07, 6.45) is 0.298. The van der Waals surface area contributed by atoms with Gasteiger partial charge in [0.15, 0.2) is 9.84 Å². The molecule has 0 saturated carbocycles. The Labute approximate surface area is 137 Å². The summed E-state index contributed by atoms with van der Waals surface area (Å²) in [6, 6.07) is 7.69. The molecule has 1 aliphatic rings. The average Bonchev–Trinajstić information content (AvgIpc) is 3.05. The molecule has 122 valence electrons. The Morgan fingerprint density at radius 2 is 1.96 bits per heavy atom. The molecule has 1 atom stereocenters. The van der Waals surface area contributed by atoms with Gasteiger partial charge >= 0.3 is 0 Å². The van der Waals surface area contributed by atoms with Crippen molar-refractivity contribution in [3.8, 4) is 0 Å². The maximum absolute atomic E-state index is 12.2. The predicted molar refractivity (Wildman–Crippen MR) is 88.9 cm³/mol. The molecule has 1 saturated heterocycles. The number of hydrogen-bond acceptors (Lipinski definition) is 5. The average molecular weight is 352 g/mol. The molecular formula is C15H16N2O4S2. The molecule has 2 N–H and O–H groups in total. The second-order valence-corrected chi connectivity index (χ2v) is 8.88. The SMILES string of the molecule is Cc1c(C(=O)NNC(=O)[C@H]2CCS(=O)(=O)C2)sc2ccccc12. The first-order valence-electron chi connectivity index (χ1n) is 7.16. The number of hydrogen-bond donors (Lipinski definition) is 2. The molecule has 0 unspecified atom stereocenters. The molecule has 1 fully saturated rings. The van der Waals surface area contributed by atoms with E-state index in [1.807, 2.05) is 31.2 Å². The highest BCUT2D eigenvalue weighted by atomic mass is 32.2. The fourth-order valence-corrected chi connectivity index (χ4v) is 5.52. The molecule has 0 radical (unpaired) electrons. The maximum Gasteiger partial charge on any atom is 0.280 e. The zero-order valence-corrected chi connectivity index (χ0v) is 14.1. The van der Waals surface area contributed by atoms with Crippen LogP contribution in [-0.2, 0) is 14.6 Å². The minimum absolute atomic E-state index is 0.0223. The lowest BCUT2D eigenvalue weighted by Crippen LogP contribution is -2.44. The van der Waals surface area contributed by atoms with Crippen molar-refractivity contribution >= 4 is 43.1 Å². The minimum Gasteiger partial charge on any atom is -0.273 e. The molecule has 1 aromatic carbocycles. The second kappa shape index (κ2) is 5.93. The number of rotatable bonds is 2. The predicted octanol–water partition coefficient (Wildman–Crippen LogP) is 1.41. The Balaban J connectivity index is 1.67. The fraction of sp³-hybridized carbons (Fsp3) is 0.333. The number of benzene rings is 1. The third-order valence-electron chi connectivity index (χ3n) is 3.95. The van der Waals surface area contributed by atoms with Gasteiger partial charge in [-0.05, 0) is 30.4 Å². The van der Waals surface area contributed by atoms with Gasteiger partial charge in [0.05, 0.1) is 22.3 Å². The van der Waals surface area contributed by atoms with Crippen molar-refractivity contribution in [1.29, 1.82) is 0 Å². The highest BCUT2D eigenvalue weighted by molar-refractivity contribution is 7.91. The molecule has 2 aromatic rings. The van der Waals surface area contributed by atoms with E-state index in [4.69, 9.17) is 0 Å². The van der Waals surface area contributed by atoms with Gasteiger partial charge in [-0.3, -0.25) is 20.4 Å². The summed E-state index contributed by atoms with van der Waals surface area (Å²) in [6.45, 7) is 1.86. The molecule has 0 bridgehead atoms. The van der Waals surface area contributed by atoms with Crippen LogP contribution in [0.15, 0.2) is 24.3 Å². The van der Waals surface area contributed by atoms with Crippen molar-refractivity contribution in [2.75, 3.05) is 11.5 Å². The normalized spacial score (nSPS) is 19.6. The molecule has 0 aliphatic carbocycles. The van der Waals surface area contributed by atoms with E-state index in [2.05, 4.69) is 10.9 Å². The maximum atomic E-state index is 12.2. The summed E-state index contributed by atoms with van der Waals surface area (Å²) in [5.41, 5.74) is 5.58. The van der Waals surface area contributed by atoms with E-state index in [1.165, 1.54) is 11.3 Å². The van der Waals surface area contributed by atoms with Gasteiger partial charge in [0.2, 0.25) is 5.91 Å². The lowest BCUT2D eigenvalue weighted by molar-refractivity contribution is -0.125. The Morgan fingerprint density at radius 3 is 2.61 bits per heavy atom. The first-order chi connectivity index (χ1) is 10.9. The third-order valence-corrected chi connectivity index (χ3v) is 6.99. The highest BCUT2D eigenvalue weighted by Crippen LogP contribution is 2.30. The van der Waals surface area contributed by atoms with Gasteiger partial charge < -0.3 is 0 Å². The number of sulfone groups is 1. The topological polar surface area (TPSA) is 92.3 Å². The molecule has 8 heteroatoms. The van der Waals surface area contributed by atoms with E-state index in [9.17, 15) is 18.0 Å². The van der Waals surface area contributed by atoms with E-state index >= 15 is 0 Å². The van der Waals surface area contributed by atoms with E-state index in [-0.39, 0.29) is 11.5 Å². The first kappa shape index (κ1) is 15.9. The molecule has 1 aliphatic heterocycles. The Hall–Kier alpha value is -1.93. The van der Waals surface area contributed by atoms with Gasteiger partial charge in [-0.2, -0.15) is 0 Å². The first-order valence-corrected chi connectivity index (χ1v) is 9.80. The zero-order valence-electron chi connectivity index (χ0n) is 12.5. The molecule has 2 amide bonds. The smallest absolute Gasteiger partial charge is 0.273 e. The van der Waals surface area contributed by atoms with Gasteiger partial charge in [0.25, 0.3) is 5.91 Å². The molecule has 0 spiro atoms. The molecule has 3 rings (SSSR count). The summed E-state index contributed by atoms with van der Waals surface area (Å²) in [5, 5.41) is 1.01. The van der Waals surface area contributed by atoms with Crippen LogP contribution in [0.1, 0.15) is 21.7 Å². The summed E-state index contributed by atoms with van der Waals surface area (Å²) in [5.74, 6) is -1.58. The quantitative estimate of drug-likeness (QED) is 0.799. The zero-order chi connectivity index (χ0) is 16.6. The van der Waals surface area contributed by atoms with Gasteiger partial charge in [-0.15, -0.1) is 11.3 Å². The van der Waals surface area contributed by atoms with Crippen LogP contribution in [0.4, 0.5) is 0 Å². The second-order valence-electron chi connectivity index (χ2n) is 5.60. The summed E-state index contributed by atoms with van der Waals surface area (Å²) in [4.78, 5) is 24.7. The van der Waals surface area contributed by atoms with Crippen LogP contribution in [0.3, 0.4) is 0 Å². The van der Waals surface area contributed by atoms with Gasteiger partial charge in [-0.25, -0.2) is 8.42 Å². The van der Waals surface area contributed by atoms with Crippen molar-refractivity contribution in [1.82, 2.24) is 10.9 Å². The number of aryl methyl sites for hydroxylation is 1. The Kier molecular flexibility index (Phi) is 4.11. The lowest BCUT2D eigenvalue weighted by Gasteiger charge is -2.10. The van der Waals surface area contributed by atoms with E-state index in [1.54, 1.807) is 0 Å². The van der Waals surface area contributed by atoms with E-state index < -0.39 is 27.6 Å². The summed E-state index contributed by atoms with van der Waals surface area (Å²) in [7, 11) is -3.13. The molecule has 2 heterocycles. The van der Waals surface area contributed by atoms with Crippen LogP contribution in [0, 0.1) is 12.8 Å². The van der Waals surface area contributed by atoms with Crippen molar-refractivity contribution in [3.63, 3.8) is 0 Å². The number of fused-ring (bicyclic) bond motifs is 1. The minimum atomic E-state index is -3.13. The Bertz CT molecular complexity index is 886. The van der Waals surface area contributed by atoms with Crippen LogP contribution < -0.4 is 10.9 Å². The molecule has 1 aromatic heterocycles. The fourth-order valence-electron chi connectivity index (χ4n) is 2.67. The van der Waals surface area contributed by atoms with Gasteiger partial charge in [-0.1, -0.05) is 18.2 Å². The van der Waals surface area contributed by atoms with E-state index in [0.717, 1.165) is 15.6 Å². The van der Waals surface area contributed by atoms with Crippen molar-refractivity contribution in [2.45, 2.75) is 13.3 Å². The molecular weight excluding hydrogens is 336 g/mol. The van der Waals surface area contributed by atoms with Crippen LogP contribution in [0.25, 0.3) is 10.1 Å². The van der Waals surface area contributed by atoms with Crippen LogP contribution in [0.5, 0.6) is 0 Å². The van der Waals surface area contributed by atoms with E-state index in [0.29, 0.717) is 11.3 Å². The lowest BCUT2D eigenvalue weighted by atomic mass is 10.1. The van der Waals surface area contributed by atoms with Crippen molar-refractivity contribution in [2.24, 2.45) is 5.92 Å². The van der Waals surface area contributed by atoms with Crippen molar-refractivity contribution in [3.05, 3.63) is 34.7 Å². The molecule has 6 nitrogen and oxygen atoms in total. The van der Waals surface area contributed by atoms with Gasteiger partial charge in [0, 0.05) is 4.70 Å². The number of hydrazine groups is 1. The number of thiophene rings is 1. The monoisotopic (exact) mass is 352 g/mol. The van der Waals surface area contributed by atoms with Crippen molar-refractivity contribution < 1.29 is 18.0 Å². The number of amides is 2. The molecule has 23 heavy (non-hydrogen) atoms. The third kappa shape index (κ3) is 3.23. The number of nitrogens with one attached hydrogen (secondary N) is 2. The summed E-state index contributed by atoms with van der Waals surface area (Å²) < 4.78 is 23.8. The Morgan fingerprint density at radius 1 is 1.22 bits per heavy atom. The highest BCUT2D eigenvalue weighted by Gasteiger charge is 2.33. The standard InChI is InChI=1S/C15H16N2O4S2/c1-9-11-4-2-3-5-12(11)22-13(9)15(19)17-16-14(18)10-6-7-23(20,21)8-10/h2-5,10H,6-8H2,1H3,(H,16,18)(H,17,19)/t10-/m0/s1.